The molecule has 2 N–H and O–H groups in total. The van der Waals surface area contributed by atoms with Crippen molar-refractivity contribution in [3.63, 3.8) is 0 Å². The van der Waals surface area contributed by atoms with Crippen LogP contribution in [-0.2, 0) is 0 Å². The third kappa shape index (κ3) is 2.41. The molecule has 0 aliphatic heterocycles. The Morgan fingerprint density at radius 1 is 1.47 bits per heavy atom. The number of H-pyrrole nitrogens is 1. The summed E-state index contributed by atoms with van der Waals surface area (Å²) in [5.41, 5.74) is 1.95. The molecule has 0 atom stereocenters. The Bertz CT molecular complexity index is 458. The third-order valence-corrected chi connectivity index (χ3v) is 2.20. The first kappa shape index (κ1) is 9.86. The monoisotopic (exact) mass is 202 g/mol. The summed E-state index contributed by atoms with van der Waals surface area (Å²) in [5, 5.41) is 11.0. The SMILES string of the molecule is CNCCC=Cc1cc2cn[nH]c2cn1. The molecule has 0 spiro atoms. The Kier molecular flexibility index (Phi) is 3.09. The van der Waals surface area contributed by atoms with Crippen LogP contribution in [0.5, 0.6) is 0 Å². The predicted octanol–water partition coefficient (Wildman–Crippen LogP) is 1.58. The highest BCUT2D eigenvalue weighted by Crippen LogP contribution is 2.10. The van der Waals surface area contributed by atoms with Crippen molar-refractivity contribution in [2.75, 3.05) is 13.6 Å². The molecule has 4 heteroatoms. The summed E-state index contributed by atoms with van der Waals surface area (Å²) in [6.45, 7) is 0.991. The molecule has 0 radical (unpaired) electrons. The summed E-state index contributed by atoms with van der Waals surface area (Å²) in [4.78, 5) is 4.30. The van der Waals surface area contributed by atoms with Crippen LogP contribution in [0.15, 0.2) is 24.5 Å². The zero-order valence-electron chi connectivity index (χ0n) is 8.70. The number of hydrogen-bond donors (Lipinski definition) is 2. The standard InChI is InChI=1S/C11H14N4/c1-12-5-3-2-4-10-6-9-7-14-15-11(9)8-13-10/h2,4,6-8,12H,3,5H2,1H3,(H,14,15). The summed E-state index contributed by atoms with van der Waals surface area (Å²) in [7, 11) is 1.95. The predicted molar refractivity (Wildman–Crippen MR) is 61.5 cm³/mol. The van der Waals surface area contributed by atoms with Gasteiger partial charge in [0.25, 0.3) is 0 Å². The molecule has 2 heterocycles. The average Bonchev–Trinajstić information content (AvgIpc) is 2.71. The average molecular weight is 202 g/mol. The maximum absolute atomic E-state index is 4.30. The molecule has 0 aromatic carbocycles. The summed E-state index contributed by atoms with van der Waals surface area (Å²) in [5.74, 6) is 0. The zero-order chi connectivity index (χ0) is 10.5. The Hall–Kier alpha value is -1.68. The van der Waals surface area contributed by atoms with E-state index in [1.807, 2.05) is 25.4 Å². The second-order valence-corrected chi connectivity index (χ2v) is 3.36. The largest absolute Gasteiger partial charge is 0.319 e. The van der Waals surface area contributed by atoms with Crippen molar-refractivity contribution in [3.8, 4) is 0 Å². The fourth-order valence-electron chi connectivity index (χ4n) is 1.38. The van der Waals surface area contributed by atoms with E-state index in [1.54, 1.807) is 6.20 Å². The number of fused-ring (bicyclic) bond motifs is 1. The van der Waals surface area contributed by atoms with E-state index in [0.717, 1.165) is 29.6 Å². The molecule has 0 saturated heterocycles. The lowest BCUT2D eigenvalue weighted by Crippen LogP contribution is -2.05. The van der Waals surface area contributed by atoms with E-state index in [2.05, 4.69) is 26.6 Å². The van der Waals surface area contributed by atoms with E-state index < -0.39 is 0 Å². The molecular formula is C11H14N4. The minimum absolute atomic E-state index is 0.972. The number of nitrogens with one attached hydrogen (secondary N) is 2. The van der Waals surface area contributed by atoms with Crippen molar-refractivity contribution in [2.24, 2.45) is 0 Å². The highest BCUT2D eigenvalue weighted by atomic mass is 15.1. The van der Waals surface area contributed by atoms with E-state index in [9.17, 15) is 0 Å². The van der Waals surface area contributed by atoms with E-state index in [0.29, 0.717) is 0 Å². The van der Waals surface area contributed by atoms with E-state index in [1.165, 1.54) is 0 Å². The second-order valence-electron chi connectivity index (χ2n) is 3.36. The number of hydrogen-bond acceptors (Lipinski definition) is 3. The van der Waals surface area contributed by atoms with Crippen LogP contribution in [0.25, 0.3) is 17.0 Å². The summed E-state index contributed by atoms with van der Waals surface area (Å²) >= 11 is 0. The van der Waals surface area contributed by atoms with Gasteiger partial charge >= 0.3 is 0 Å². The van der Waals surface area contributed by atoms with Gasteiger partial charge in [-0.05, 0) is 32.2 Å². The fourth-order valence-corrected chi connectivity index (χ4v) is 1.38. The van der Waals surface area contributed by atoms with Gasteiger partial charge in [0.1, 0.15) is 0 Å². The first-order chi connectivity index (χ1) is 7.40. The number of aromatic amines is 1. The first-order valence-electron chi connectivity index (χ1n) is 5.00. The molecule has 0 fully saturated rings. The maximum Gasteiger partial charge on any atom is 0.0833 e. The van der Waals surface area contributed by atoms with E-state index in [-0.39, 0.29) is 0 Å². The Morgan fingerprint density at radius 2 is 2.40 bits per heavy atom. The number of aromatic nitrogens is 3. The molecule has 15 heavy (non-hydrogen) atoms. The van der Waals surface area contributed by atoms with Crippen molar-refractivity contribution in [2.45, 2.75) is 6.42 Å². The van der Waals surface area contributed by atoms with Gasteiger partial charge in [-0.15, -0.1) is 0 Å². The second kappa shape index (κ2) is 4.70. The van der Waals surface area contributed by atoms with E-state index >= 15 is 0 Å². The molecular weight excluding hydrogens is 188 g/mol. The fraction of sp³-hybridized carbons (Fsp3) is 0.273. The van der Waals surface area contributed by atoms with Gasteiger partial charge in [-0.2, -0.15) is 5.10 Å². The number of pyridine rings is 1. The van der Waals surface area contributed by atoms with Crippen LogP contribution in [-0.4, -0.2) is 28.8 Å². The van der Waals surface area contributed by atoms with Crippen LogP contribution in [0, 0.1) is 0 Å². The number of nitrogens with zero attached hydrogens (tertiary/aromatic N) is 2. The van der Waals surface area contributed by atoms with Gasteiger partial charge in [0.2, 0.25) is 0 Å². The van der Waals surface area contributed by atoms with Gasteiger partial charge in [0, 0.05) is 5.39 Å². The highest BCUT2D eigenvalue weighted by molar-refractivity contribution is 5.78. The molecule has 2 rings (SSSR count). The minimum Gasteiger partial charge on any atom is -0.319 e. The lowest BCUT2D eigenvalue weighted by Gasteiger charge is -1.94. The van der Waals surface area contributed by atoms with Crippen LogP contribution >= 0.6 is 0 Å². The van der Waals surface area contributed by atoms with Crippen LogP contribution < -0.4 is 5.32 Å². The topological polar surface area (TPSA) is 53.6 Å². The van der Waals surface area contributed by atoms with Crippen molar-refractivity contribution >= 4 is 17.0 Å². The molecule has 0 saturated carbocycles. The molecule has 2 aromatic rings. The van der Waals surface area contributed by atoms with Crippen molar-refractivity contribution < 1.29 is 0 Å². The molecule has 0 bridgehead atoms. The summed E-state index contributed by atoms with van der Waals surface area (Å²) in [6.07, 6.45) is 8.78. The van der Waals surface area contributed by atoms with Gasteiger partial charge in [-0.25, -0.2) is 0 Å². The minimum atomic E-state index is 0.972. The first-order valence-corrected chi connectivity index (χ1v) is 5.00. The molecule has 0 unspecified atom stereocenters. The van der Waals surface area contributed by atoms with Crippen molar-refractivity contribution in [1.29, 1.82) is 0 Å². The quantitative estimate of drug-likeness (QED) is 0.740. The van der Waals surface area contributed by atoms with Gasteiger partial charge < -0.3 is 5.32 Å². The van der Waals surface area contributed by atoms with Crippen molar-refractivity contribution in [3.05, 3.63) is 30.2 Å². The lowest BCUT2D eigenvalue weighted by molar-refractivity contribution is 0.809. The normalized spacial score (nSPS) is 11.5. The van der Waals surface area contributed by atoms with Gasteiger partial charge in [-0.3, -0.25) is 10.1 Å². The van der Waals surface area contributed by atoms with Crippen LogP contribution in [0.3, 0.4) is 0 Å². The smallest absolute Gasteiger partial charge is 0.0833 e. The molecule has 4 nitrogen and oxygen atoms in total. The Labute approximate surface area is 88.4 Å². The molecule has 78 valence electrons. The molecule has 0 amide bonds. The van der Waals surface area contributed by atoms with Crippen molar-refractivity contribution in [1.82, 2.24) is 20.5 Å². The maximum atomic E-state index is 4.30. The van der Waals surface area contributed by atoms with Gasteiger partial charge in [0.05, 0.1) is 23.6 Å². The molecule has 0 aliphatic rings. The molecule has 2 aromatic heterocycles. The number of rotatable bonds is 4. The Balaban J connectivity index is 2.10. The van der Waals surface area contributed by atoms with Crippen LogP contribution in [0.4, 0.5) is 0 Å². The van der Waals surface area contributed by atoms with E-state index in [4.69, 9.17) is 0 Å². The third-order valence-electron chi connectivity index (χ3n) is 2.20. The highest BCUT2D eigenvalue weighted by Gasteiger charge is 1.95. The van der Waals surface area contributed by atoms with Gasteiger partial charge in [-0.1, -0.05) is 6.08 Å². The lowest BCUT2D eigenvalue weighted by atomic mass is 10.2. The van der Waals surface area contributed by atoms with Gasteiger partial charge in [0.15, 0.2) is 0 Å². The molecule has 0 aliphatic carbocycles. The van der Waals surface area contributed by atoms with Crippen LogP contribution in [0.1, 0.15) is 12.1 Å². The summed E-state index contributed by atoms with van der Waals surface area (Å²) in [6, 6.07) is 2.02. The Morgan fingerprint density at radius 3 is 3.27 bits per heavy atom. The summed E-state index contributed by atoms with van der Waals surface area (Å²) < 4.78 is 0. The van der Waals surface area contributed by atoms with Crippen LogP contribution in [0.2, 0.25) is 0 Å². The zero-order valence-corrected chi connectivity index (χ0v) is 8.70.